The highest BCUT2D eigenvalue weighted by atomic mass is 19.3. The lowest BCUT2D eigenvalue weighted by Crippen LogP contribution is -2.26. The Morgan fingerprint density at radius 3 is 2.58 bits per heavy atom. The Bertz CT molecular complexity index is 323. The monoisotopic (exact) mass is 174 g/mol. The van der Waals surface area contributed by atoms with Gasteiger partial charge in [-0.05, 0) is 6.92 Å². The van der Waals surface area contributed by atoms with Gasteiger partial charge in [0.2, 0.25) is 0 Å². The van der Waals surface area contributed by atoms with Gasteiger partial charge in [-0.25, -0.2) is 8.78 Å². The van der Waals surface area contributed by atoms with E-state index in [1.54, 1.807) is 6.92 Å². The second-order valence-corrected chi connectivity index (χ2v) is 3.19. The van der Waals surface area contributed by atoms with Gasteiger partial charge in [0, 0.05) is 12.5 Å². The van der Waals surface area contributed by atoms with E-state index in [1.807, 2.05) is 0 Å². The van der Waals surface area contributed by atoms with E-state index in [0.717, 1.165) is 0 Å². The molecule has 0 saturated heterocycles. The zero-order valence-corrected chi connectivity index (χ0v) is 6.47. The first-order valence-electron chi connectivity index (χ1n) is 3.56. The predicted molar refractivity (Wildman–Crippen MR) is 36.7 cm³/mol. The van der Waals surface area contributed by atoms with Crippen molar-refractivity contribution in [3.63, 3.8) is 0 Å². The lowest BCUT2D eigenvalue weighted by molar-refractivity contribution is 0.0813. The molecule has 1 fully saturated rings. The SMILES string of the molecule is Cc1cc(C2(N)CC2(F)F)on1. The van der Waals surface area contributed by atoms with Gasteiger partial charge in [-0.2, -0.15) is 0 Å². The molecule has 0 aliphatic heterocycles. The third kappa shape index (κ3) is 0.797. The maximum absolute atomic E-state index is 12.7. The summed E-state index contributed by atoms with van der Waals surface area (Å²) in [6.07, 6.45) is -0.353. The summed E-state index contributed by atoms with van der Waals surface area (Å²) in [5, 5.41) is 3.50. The van der Waals surface area contributed by atoms with E-state index >= 15 is 0 Å². The lowest BCUT2D eigenvalue weighted by atomic mass is 10.2. The van der Waals surface area contributed by atoms with Gasteiger partial charge >= 0.3 is 0 Å². The molecule has 1 unspecified atom stereocenters. The van der Waals surface area contributed by atoms with Gasteiger partial charge in [0.25, 0.3) is 5.92 Å². The summed E-state index contributed by atoms with van der Waals surface area (Å²) in [5.74, 6) is -2.76. The number of aryl methyl sites for hydroxylation is 1. The first kappa shape index (κ1) is 7.67. The molecule has 0 amide bonds. The molecule has 0 aromatic carbocycles. The van der Waals surface area contributed by atoms with Crippen LogP contribution in [0.5, 0.6) is 0 Å². The van der Waals surface area contributed by atoms with E-state index < -0.39 is 11.5 Å². The first-order chi connectivity index (χ1) is 5.46. The van der Waals surface area contributed by atoms with Crippen LogP contribution in [0.15, 0.2) is 10.6 Å². The number of alkyl halides is 2. The van der Waals surface area contributed by atoms with Crippen molar-refractivity contribution in [3.8, 4) is 0 Å². The number of nitrogens with two attached hydrogens (primary N) is 1. The van der Waals surface area contributed by atoms with Crippen molar-refractivity contribution in [3.05, 3.63) is 17.5 Å². The third-order valence-corrected chi connectivity index (χ3v) is 2.10. The van der Waals surface area contributed by atoms with Crippen LogP contribution in [0.2, 0.25) is 0 Å². The fourth-order valence-electron chi connectivity index (χ4n) is 1.15. The highest BCUT2D eigenvalue weighted by Crippen LogP contribution is 2.57. The van der Waals surface area contributed by atoms with Gasteiger partial charge in [-0.15, -0.1) is 0 Å². The molecule has 66 valence electrons. The highest BCUT2D eigenvalue weighted by Gasteiger charge is 2.72. The largest absolute Gasteiger partial charge is 0.359 e. The molecule has 12 heavy (non-hydrogen) atoms. The average molecular weight is 174 g/mol. The van der Waals surface area contributed by atoms with Crippen molar-refractivity contribution in [2.45, 2.75) is 24.8 Å². The van der Waals surface area contributed by atoms with Crippen molar-refractivity contribution in [1.29, 1.82) is 0 Å². The van der Waals surface area contributed by atoms with Gasteiger partial charge < -0.3 is 10.3 Å². The number of aromatic nitrogens is 1. The Labute approximate surface area is 67.5 Å². The fourth-order valence-corrected chi connectivity index (χ4v) is 1.15. The van der Waals surface area contributed by atoms with Crippen LogP contribution in [-0.4, -0.2) is 11.1 Å². The Morgan fingerprint density at radius 2 is 2.25 bits per heavy atom. The van der Waals surface area contributed by atoms with E-state index in [9.17, 15) is 8.78 Å². The summed E-state index contributed by atoms with van der Waals surface area (Å²) in [6.45, 7) is 1.66. The third-order valence-electron chi connectivity index (χ3n) is 2.10. The molecule has 1 saturated carbocycles. The number of nitrogens with zero attached hydrogens (tertiary/aromatic N) is 1. The summed E-state index contributed by atoms with van der Waals surface area (Å²) in [4.78, 5) is 0. The number of hydrogen-bond acceptors (Lipinski definition) is 3. The molecule has 5 heteroatoms. The van der Waals surface area contributed by atoms with Crippen LogP contribution in [-0.2, 0) is 5.54 Å². The van der Waals surface area contributed by atoms with Crippen LogP contribution in [0, 0.1) is 6.92 Å². The summed E-state index contributed by atoms with van der Waals surface area (Å²) >= 11 is 0. The Morgan fingerprint density at radius 1 is 1.67 bits per heavy atom. The minimum atomic E-state index is -2.83. The number of hydrogen-bond donors (Lipinski definition) is 1. The van der Waals surface area contributed by atoms with Crippen LogP contribution >= 0.6 is 0 Å². The molecule has 3 nitrogen and oxygen atoms in total. The van der Waals surface area contributed by atoms with Crippen molar-refractivity contribution in [2.75, 3.05) is 0 Å². The van der Waals surface area contributed by atoms with Crippen LogP contribution in [0.25, 0.3) is 0 Å². The van der Waals surface area contributed by atoms with Crippen LogP contribution in [0.4, 0.5) is 8.78 Å². The molecule has 2 rings (SSSR count). The van der Waals surface area contributed by atoms with E-state index in [2.05, 4.69) is 9.68 Å². The molecular formula is C7H8F2N2O. The number of rotatable bonds is 1. The topological polar surface area (TPSA) is 52.0 Å². The van der Waals surface area contributed by atoms with Gasteiger partial charge in [-0.3, -0.25) is 0 Å². The molecule has 1 aromatic heterocycles. The molecule has 1 aliphatic carbocycles. The Balaban J connectivity index is 2.34. The number of halogens is 2. The zero-order chi connectivity index (χ0) is 8.98. The van der Waals surface area contributed by atoms with Crippen molar-refractivity contribution >= 4 is 0 Å². The molecule has 0 spiro atoms. The molecule has 1 atom stereocenters. The van der Waals surface area contributed by atoms with Crippen LogP contribution in [0.1, 0.15) is 17.9 Å². The summed E-state index contributed by atoms with van der Waals surface area (Å²) < 4.78 is 30.0. The van der Waals surface area contributed by atoms with Crippen molar-refractivity contribution in [1.82, 2.24) is 5.16 Å². The maximum atomic E-state index is 12.7. The summed E-state index contributed by atoms with van der Waals surface area (Å²) in [6, 6.07) is 1.45. The molecule has 2 N–H and O–H groups in total. The second-order valence-electron chi connectivity index (χ2n) is 3.19. The quantitative estimate of drug-likeness (QED) is 0.695. The summed E-state index contributed by atoms with van der Waals surface area (Å²) in [7, 11) is 0. The molecule has 1 aliphatic rings. The highest BCUT2D eigenvalue weighted by molar-refractivity contribution is 5.28. The van der Waals surface area contributed by atoms with Gasteiger partial charge in [0.1, 0.15) is 5.54 Å². The van der Waals surface area contributed by atoms with Gasteiger partial charge in [0.05, 0.1) is 5.69 Å². The van der Waals surface area contributed by atoms with Gasteiger partial charge in [0.15, 0.2) is 5.76 Å². The molecule has 0 bridgehead atoms. The second kappa shape index (κ2) is 1.85. The maximum Gasteiger partial charge on any atom is 0.275 e. The molecule has 1 aromatic rings. The fraction of sp³-hybridized carbons (Fsp3) is 0.571. The van der Waals surface area contributed by atoms with E-state index in [0.29, 0.717) is 5.69 Å². The van der Waals surface area contributed by atoms with Crippen molar-refractivity contribution < 1.29 is 13.3 Å². The molecule has 1 heterocycles. The lowest BCUT2D eigenvalue weighted by Gasteiger charge is -2.03. The van der Waals surface area contributed by atoms with E-state index in [1.165, 1.54) is 6.07 Å². The minimum Gasteiger partial charge on any atom is -0.359 e. The first-order valence-corrected chi connectivity index (χ1v) is 3.56. The normalized spacial score (nSPS) is 32.0. The Hall–Kier alpha value is -0.970. The van der Waals surface area contributed by atoms with Gasteiger partial charge in [-0.1, -0.05) is 5.16 Å². The van der Waals surface area contributed by atoms with E-state index in [-0.39, 0.29) is 12.2 Å². The van der Waals surface area contributed by atoms with Crippen LogP contribution in [0.3, 0.4) is 0 Å². The summed E-state index contributed by atoms with van der Waals surface area (Å²) in [5.41, 5.74) is 4.34. The minimum absolute atomic E-state index is 0.0741. The standard InChI is InChI=1S/C7H8F2N2O/c1-4-2-5(12-11-4)6(10)3-7(6,8)9/h2H,3,10H2,1H3. The van der Waals surface area contributed by atoms with Crippen molar-refractivity contribution in [2.24, 2.45) is 5.73 Å². The van der Waals surface area contributed by atoms with Crippen LogP contribution < -0.4 is 5.73 Å². The average Bonchev–Trinajstić information content (AvgIpc) is 2.37. The predicted octanol–water partition coefficient (Wildman–Crippen LogP) is 1.18. The zero-order valence-electron chi connectivity index (χ0n) is 6.47. The smallest absolute Gasteiger partial charge is 0.275 e. The van der Waals surface area contributed by atoms with E-state index in [4.69, 9.17) is 5.73 Å². The molecule has 0 radical (unpaired) electrons. The Kier molecular flexibility index (Phi) is 1.18. The molecular weight excluding hydrogens is 166 g/mol.